The Kier molecular flexibility index (Phi) is 8.65. The van der Waals surface area contributed by atoms with Crippen molar-refractivity contribution in [2.24, 2.45) is 0 Å². The number of carbonyl (C=O) groups is 1. The standard InChI is InChI=1S/C24H31FN4O4S2/c1-5-7-15-33-23(30)28-35(31,32)21-20(27-19(34-21)8-6-2)18-11-9-17(10-12-18)16-29-14-13-26-22(29)24(3,4)25/h9-14H,5-8,15-16H2,1-4H3,(H,28,30). The van der Waals surface area contributed by atoms with Gasteiger partial charge in [-0.25, -0.2) is 32.3 Å². The normalized spacial score (nSPS) is 12.0. The predicted octanol–water partition coefficient (Wildman–Crippen LogP) is 5.43. The second kappa shape index (κ2) is 11.3. The first-order valence-corrected chi connectivity index (χ1v) is 13.8. The largest absolute Gasteiger partial charge is 0.449 e. The summed E-state index contributed by atoms with van der Waals surface area (Å²) < 4.78 is 49.1. The summed E-state index contributed by atoms with van der Waals surface area (Å²) >= 11 is 1.05. The molecule has 0 saturated heterocycles. The lowest BCUT2D eigenvalue weighted by molar-refractivity contribution is 0.151. The zero-order valence-corrected chi connectivity index (χ0v) is 22.0. The van der Waals surface area contributed by atoms with Gasteiger partial charge >= 0.3 is 6.09 Å². The molecule has 0 fully saturated rings. The number of halogens is 1. The number of hydrogen-bond acceptors (Lipinski definition) is 7. The van der Waals surface area contributed by atoms with E-state index in [1.165, 1.54) is 13.8 Å². The van der Waals surface area contributed by atoms with Crippen molar-refractivity contribution in [2.45, 2.75) is 69.8 Å². The number of carbonyl (C=O) groups excluding carboxylic acids is 1. The number of alkyl halides is 1. The topological polar surface area (TPSA) is 103 Å². The van der Waals surface area contributed by atoms with Crippen molar-refractivity contribution in [1.82, 2.24) is 19.3 Å². The number of imidazole rings is 1. The summed E-state index contributed by atoms with van der Waals surface area (Å²) in [6, 6.07) is 7.23. The Morgan fingerprint density at radius 2 is 1.91 bits per heavy atom. The van der Waals surface area contributed by atoms with Crippen LogP contribution >= 0.6 is 11.3 Å². The van der Waals surface area contributed by atoms with E-state index < -0.39 is 21.8 Å². The van der Waals surface area contributed by atoms with Gasteiger partial charge in [-0.1, -0.05) is 44.5 Å². The maximum atomic E-state index is 14.4. The summed E-state index contributed by atoms with van der Waals surface area (Å²) in [7, 11) is -4.17. The number of thiazole rings is 1. The van der Waals surface area contributed by atoms with E-state index in [2.05, 4.69) is 9.97 Å². The van der Waals surface area contributed by atoms with Gasteiger partial charge in [0.15, 0.2) is 9.88 Å². The minimum atomic E-state index is -4.17. The molecule has 8 nitrogen and oxygen atoms in total. The molecule has 0 bridgehead atoms. The number of aryl methyl sites for hydroxylation is 1. The molecular formula is C24H31FN4O4S2. The first-order chi connectivity index (χ1) is 16.5. The molecule has 1 N–H and O–H groups in total. The highest BCUT2D eigenvalue weighted by Crippen LogP contribution is 2.33. The van der Waals surface area contributed by atoms with Crippen molar-refractivity contribution in [2.75, 3.05) is 6.61 Å². The van der Waals surface area contributed by atoms with E-state index >= 15 is 0 Å². The number of unbranched alkanes of at least 4 members (excludes halogenated alkanes) is 1. The van der Waals surface area contributed by atoms with Gasteiger partial charge in [0, 0.05) is 24.5 Å². The summed E-state index contributed by atoms with van der Waals surface area (Å²) in [5.74, 6) is 0.329. The molecule has 35 heavy (non-hydrogen) atoms. The lowest BCUT2D eigenvalue weighted by atomic mass is 10.1. The Morgan fingerprint density at radius 3 is 2.54 bits per heavy atom. The quantitative estimate of drug-likeness (QED) is 0.337. The number of rotatable bonds is 11. The number of sulfonamides is 1. The Labute approximate surface area is 209 Å². The third-order valence-electron chi connectivity index (χ3n) is 5.12. The number of nitrogens with zero attached hydrogens (tertiary/aromatic N) is 3. The highest BCUT2D eigenvalue weighted by Gasteiger charge is 2.28. The molecule has 0 atom stereocenters. The van der Waals surface area contributed by atoms with Crippen LogP contribution < -0.4 is 4.72 Å². The number of hydrogen-bond donors (Lipinski definition) is 1. The van der Waals surface area contributed by atoms with Crippen molar-refractivity contribution in [1.29, 1.82) is 0 Å². The molecule has 190 valence electrons. The maximum Gasteiger partial charge on any atom is 0.421 e. The highest BCUT2D eigenvalue weighted by atomic mass is 32.2. The Morgan fingerprint density at radius 1 is 1.20 bits per heavy atom. The van der Waals surface area contributed by atoms with Crippen molar-refractivity contribution in [3.63, 3.8) is 0 Å². The van der Waals surface area contributed by atoms with Crippen molar-refractivity contribution in [3.05, 3.63) is 53.1 Å². The molecule has 1 aromatic carbocycles. The number of nitrogens with one attached hydrogen (secondary N) is 1. The summed E-state index contributed by atoms with van der Waals surface area (Å²) in [5, 5.41) is 0.666. The Bertz CT molecular complexity index is 1250. The van der Waals surface area contributed by atoms with Gasteiger partial charge in [-0.2, -0.15) is 0 Å². The van der Waals surface area contributed by atoms with Crippen LogP contribution in [0.15, 0.2) is 40.9 Å². The number of aromatic nitrogens is 3. The lowest BCUT2D eigenvalue weighted by Gasteiger charge is -2.16. The predicted molar refractivity (Wildman–Crippen MR) is 134 cm³/mol. The van der Waals surface area contributed by atoms with Gasteiger partial charge in [0.1, 0.15) is 11.5 Å². The minimum Gasteiger partial charge on any atom is -0.449 e. The SMILES string of the molecule is CCCCOC(=O)NS(=O)(=O)c1sc(CCC)nc1-c1ccc(Cn2ccnc2C(C)(C)F)cc1. The molecule has 0 spiro atoms. The number of benzene rings is 1. The number of ether oxygens (including phenoxy) is 1. The van der Waals surface area contributed by atoms with Gasteiger partial charge in [-0.05, 0) is 38.7 Å². The third-order valence-corrected chi connectivity index (χ3v) is 8.06. The minimum absolute atomic E-state index is 0.0304. The molecule has 0 aliphatic rings. The van der Waals surface area contributed by atoms with E-state index in [0.717, 1.165) is 29.7 Å². The molecule has 0 radical (unpaired) electrons. The van der Waals surface area contributed by atoms with Gasteiger partial charge < -0.3 is 9.30 Å². The van der Waals surface area contributed by atoms with E-state index in [0.29, 0.717) is 35.8 Å². The summed E-state index contributed by atoms with van der Waals surface area (Å²) in [6.45, 7) is 7.40. The Balaban J connectivity index is 1.86. The van der Waals surface area contributed by atoms with E-state index in [1.807, 2.05) is 30.7 Å². The van der Waals surface area contributed by atoms with Gasteiger partial charge in [0.2, 0.25) is 0 Å². The molecule has 0 saturated carbocycles. The van der Waals surface area contributed by atoms with Gasteiger partial charge in [0.05, 0.1) is 11.6 Å². The fourth-order valence-corrected chi connectivity index (χ4v) is 6.00. The average molecular weight is 523 g/mol. The molecule has 11 heteroatoms. The molecule has 2 heterocycles. The zero-order chi connectivity index (χ0) is 25.6. The summed E-state index contributed by atoms with van der Waals surface area (Å²) in [5.41, 5.74) is 0.201. The first-order valence-electron chi connectivity index (χ1n) is 11.5. The van der Waals surface area contributed by atoms with Gasteiger partial charge in [0.25, 0.3) is 10.0 Å². The van der Waals surface area contributed by atoms with Crippen molar-refractivity contribution >= 4 is 27.5 Å². The van der Waals surface area contributed by atoms with Gasteiger partial charge in [-0.15, -0.1) is 11.3 Å². The van der Waals surface area contributed by atoms with Crippen LogP contribution in [-0.4, -0.2) is 35.7 Å². The monoisotopic (exact) mass is 522 g/mol. The van der Waals surface area contributed by atoms with Crippen molar-refractivity contribution in [3.8, 4) is 11.3 Å². The fraction of sp³-hybridized carbons (Fsp3) is 0.458. The van der Waals surface area contributed by atoms with Crippen LogP contribution in [0.25, 0.3) is 11.3 Å². The van der Waals surface area contributed by atoms with Crippen LogP contribution in [0.5, 0.6) is 0 Å². The summed E-state index contributed by atoms with van der Waals surface area (Å²) in [4.78, 5) is 20.7. The molecule has 0 unspecified atom stereocenters. The average Bonchev–Trinajstić information content (AvgIpc) is 3.42. The van der Waals surface area contributed by atoms with Crippen LogP contribution in [0.1, 0.15) is 63.4 Å². The molecule has 0 aliphatic carbocycles. The van der Waals surface area contributed by atoms with Crippen LogP contribution in [-0.2, 0) is 33.4 Å². The second-order valence-electron chi connectivity index (χ2n) is 8.64. The third kappa shape index (κ3) is 6.88. The first kappa shape index (κ1) is 26.8. The van der Waals surface area contributed by atoms with E-state index in [9.17, 15) is 17.6 Å². The van der Waals surface area contributed by atoms with Crippen molar-refractivity contribution < 1.29 is 22.3 Å². The lowest BCUT2D eigenvalue weighted by Crippen LogP contribution is -2.31. The molecule has 2 aromatic heterocycles. The van der Waals surface area contributed by atoms with E-state index in [4.69, 9.17) is 4.74 Å². The molecule has 3 aromatic rings. The Hall–Kier alpha value is -2.79. The molecule has 3 rings (SSSR count). The molecule has 0 aliphatic heterocycles. The van der Waals surface area contributed by atoms with Gasteiger partial charge in [-0.3, -0.25) is 0 Å². The zero-order valence-electron chi connectivity index (χ0n) is 20.4. The molecular weight excluding hydrogens is 491 g/mol. The van der Waals surface area contributed by atoms with Crippen LogP contribution in [0.4, 0.5) is 9.18 Å². The van der Waals surface area contributed by atoms with Crippen LogP contribution in [0.2, 0.25) is 0 Å². The number of amides is 1. The summed E-state index contributed by atoms with van der Waals surface area (Å²) in [6.07, 6.45) is 5.17. The highest BCUT2D eigenvalue weighted by molar-refractivity contribution is 7.92. The second-order valence-corrected chi connectivity index (χ2v) is 11.6. The van der Waals surface area contributed by atoms with E-state index in [-0.39, 0.29) is 16.5 Å². The fourth-order valence-electron chi connectivity index (χ4n) is 3.45. The van der Waals surface area contributed by atoms with E-state index in [1.54, 1.807) is 29.1 Å². The maximum absolute atomic E-state index is 14.4. The molecule has 1 amide bonds. The smallest absolute Gasteiger partial charge is 0.421 e. The van der Waals surface area contributed by atoms with Crippen LogP contribution in [0.3, 0.4) is 0 Å². The van der Waals surface area contributed by atoms with Crippen LogP contribution in [0, 0.1) is 0 Å².